The van der Waals surface area contributed by atoms with Gasteiger partial charge in [0.1, 0.15) is 29.6 Å². The van der Waals surface area contributed by atoms with E-state index in [-0.39, 0.29) is 12.2 Å². The Labute approximate surface area is 224 Å². The monoisotopic (exact) mass is 519 g/mol. The number of piperazine rings is 1. The van der Waals surface area contributed by atoms with Gasteiger partial charge in [-0.25, -0.2) is 14.8 Å². The highest BCUT2D eigenvalue weighted by Crippen LogP contribution is 2.30. The summed E-state index contributed by atoms with van der Waals surface area (Å²) < 4.78 is 17.3. The predicted octanol–water partition coefficient (Wildman–Crippen LogP) is 5.30. The van der Waals surface area contributed by atoms with Crippen LogP contribution in [0.5, 0.6) is 5.75 Å². The third-order valence-electron chi connectivity index (χ3n) is 6.77. The zero-order chi connectivity index (χ0) is 26.7. The molecule has 9 heteroatoms. The van der Waals surface area contributed by atoms with Gasteiger partial charge in [0.25, 0.3) is 0 Å². The minimum absolute atomic E-state index is 0.108. The second-order valence-corrected chi connectivity index (χ2v) is 10.9. The summed E-state index contributed by atoms with van der Waals surface area (Å²) >= 11 is 0. The molecule has 2 saturated heterocycles. The van der Waals surface area contributed by atoms with E-state index in [2.05, 4.69) is 45.3 Å². The van der Waals surface area contributed by atoms with E-state index in [0.29, 0.717) is 19.7 Å². The third kappa shape index (κ3) is 6.27. The van der Waals surface area contributed by atoms with E-state index >= 15 is 0 Å². The summed E-state index contributed by atoms with van der Waals surface area (Å²) in [5, 5.41) is 4.41. The van der Waals surface area contributed by atoms with E-state index in [1.807, 2.05) is 39.0 Å². The van der Waals surface area contributed by atoms with E-state index < -0.39 is 5.60 Å². The van der Waals surface area contributed by atoms with Crippen molar-refractivity contribution < 1.29 is 19.0 Å². The lowest BCUT2D eigenvalue weighted by Gasteiger charge is -2.36. The van der Waals surface area contributed by atoms with E-state index in [0.717, 1.165) is 71.9 Å². The number of nitrogens with zero attached hydrogens (tertiary/aromatic N) is 4. The Bertz CT molecular complexity index is 1280. The molecule has 2 aromatic carbocycles. The molecule has 3 heterocycles. The maximum atomic E-state index is 12.4. The molecule has 2 fully saturated rings. The second kappa shape index (κ2) is 11.0. The van der Waals surface area contributed by atoms with Crippen molar-refractivity contribution in [1.82, 2.24) is 14.9 Å². The number of aryl methyl sites for hydroxylation is 1. The fraction of sp³-hybridized carbons (Fsp3) is 0.483. The summed E-state index contributed by atoms with van der Waals surface area (Å²) in [4.78, 5) is 25.5. The minimum Gasteiger partial charge on any atom is -0.488 e. The summed E-state index contributed by atoms with van der Waals surface area (Å²) in [7, 11) is 0. The molecular formula is C29H37N5O4. The number of carbonyl (C=O) groups excluding carboxylic acids is 1. The molecule has 38 heavy (non-hydrogen) atoms. The number of ether oxygens (including phenoxy) is 3. The molecule has 9 nitrogen and oxygen atoms in total. The molecule has 0 radical (unpaired) electrons. The van der Waals surface area contributed by atoms with Gasteiger partial charge in [-0.3, -0.25) is 0 Å². The first-order valence-electron chi connectivity index (χ1n) is 13.3. The van der Waals surface area contributed by atoms with Crippen LogP contribution in [0.15, 0.2) is 42.7 Å². The first-order valence-corrected chi connectivity index (χ1v) is 13.3. The zero-order valence-corrected chi connectivity index (χ0v) is 22.7. The maximum Gasteiger partial charge on any atom is 0.410 e. The van der Waals surface area contributed by atoms with Crippen LogP contribution in [0.4, 0.5) is 22.0 Å². The quantitative estimate of drug-likeness (QED) is 0.486. The molecule has 0 unspecified atom stereocenters. The standard InChI is InChI=1S/C29H37N5O4/c1-20-16-21(7-10-26(20)37-23-6-5-15-36-18-23)32-27-24-17-22(8-9-25(24)30-19-31-27)33-11-13-34(14-12-33)28(35)38-29(2,3)4/h7-10,16-17,19,23H,5-6,11-15,18H2,1-4H3,(H,30,31,32)/t23-/m1/s1. The van der Waals surface area contributed by atoms with Gasteiger partial charge in [-0.05, 0) is 82.5 Å². The van der Waals surface area contributed by atoms with E-state index in [4.69, 9.17) is 14.2 Å². The molecule has 202 valence electrons. The molecule has 1 atom stereocenters. The van der Waals surface area contributed by atoms with E-state index in [1.165, 1.54) is 0 Å². The Balaban J connectivity index is 1.28. The van der Waals surface area contributed by atoms with Crippen LogP contribution in [-0.2, 0) is 9.47 Å². The molecule has 0 aliphatic carbocycles. The van der Waals surface area contributed by atoms with E-state index in [9.17, 15) is 4.79 Å². The molecule has 1 aromatic heterocycles. The molecule has 0 saturated carbocycles. The second-order valence-electron chi connectivity index (χ2n) is 10.9. The molecule has 1 amide bonds. The van der Waals surface area contributed by atoms with Crippen LogP contribution < -0.4 is 15.0 Å². The van der Waals surface area contributed by atoms with Gasteiger partial charge in [-0.2, -0.15) is 0 Å². The summed E-state index contributed by atoms with van der Waals surface area (Å²) in [6.45, 7) is 11.9. The smallest absolute Gasteiger partial charge is 0.410 e. The Morgan fingerprint density at radius 1 is 1.08 bits per heavy atom. The van der Waals surface area contributed by atoms with Crippen molar-refractivity contribution in [1.29, 1.82) is 0 Å². The molecule has 3 aromatic rings. The summed E-state index contributed by atoms with van der Waals surface area (Å²) in [5.41, 5.74) is 3.45. The summed E-state index contributed by atoms with van der Waals surface area (Å²) in [6, 6.07) is 12.3. The number of anilines is 3. The van der Waals surface area contributed by atoms with Gasteiger partial charge in [0.15, 0.2) is 0 Å². The van der Waals surface area contributed by atoms with Gasteiger partial charge in [0.05, 0.1) is 12.1 Å². The van der Waals surface area contributed by atoms with Crippen molar-refractivity contribution in [3.05, 3.63) is 48.3 Å². The minimum atomic E-state index is -0.494. The molecule has 2 aliphatic heterocycles. The average molecular weight is 520 g/mol. The summed E-state index contributed by atoms with van der Waals surface area (Å²) in [5.74, 6) is 1.63. The fourth-order valence-electron chi connectivity index (χ4n) is 4.79. The van der Waals surface area contributed by atoms with Crippen LogP contribution in [0.2, 0.25) is 0 Å². The highest BCUT2D eigenvalue weighted by molar-refractivity contribution is 5.93. The lowest BCUT2D eigenvalue weighted by atomic mass is 10.1. The van der Waals surface area contributed by atoms with Crippen LogP contribution in [-0.4, -0.2) is 72.1 Å². The topological polar surface area (TPSA) is 89.1 Å². The van der Waals surface area contributed by atoms with Crippen molar-refractivity contribution >= 4 is 34.2 Å². The van der Waals surface area contributed by atoms with Gasteiger partial charge in [-0.1, -0.05) is 0 Å². The third-order valence-corrected chi connectivity index (χ3v) is 6.77. The van der Waals surface area contributed by atoms with Crippen molar-refractivity contribution in [2.75, 3.05) is 49.6 Å². The van der Waals surface area contributed by atoms with Crippen LogP contribution in [0.3, 0.4) is 0 Å². The van der Waals surface area contributed by atoms with Gasteiger partial charge >= 0.3 is 6.09 Å². The van der Waals surface area contributed by atoms with Crippen LogP contribution >= 0.6 is 0 Å². The number of carbonyl (C=O) groups is 1. The number of fused-ring (bicyclic) bond motifs is 1. The fourth-order valence-corrected chi connectivity index (χ4v) is 4.79. The average Bonchev–Trinajstić information content (AvgIpc) is 2.90. The number of benzene rings is 2. The van der Waals surface area contributed by atoms with Crippen LogP contribution in [0.1, 0.15) is 39.2 Å². The Hall–Kier alpha value is -3.59. The SMILES string of the molecule is Cc1cc(Nc2ncnc3ccc(N4CCN(C(=O)OC(C)(C)C)CC4)cc23)ccc1O[C@@H]1CCCOC1. The number of nitrogens with one attached hydrogen (secondary N) is 1. The maximum absolute atomic E-state index is 12.4. The van der Waals surface area contributed by atoms with Crippen LogP contribution in [0.25, 0.3) is 10.9 Å². The number of hydrogen-bond donors (Lipinski definition) is 1. The molecule has 2 aliphatic rings. The molecule has 5 rings (SSSR count). The first kappa shape index (κ1) is 26.0. The van der Waals surface area contributed by atoms with Crippen molar-refractivity contribution in [3.63, 3.8) is 0 Å². The molecule has 0 spiro atoms. The number of aromatic nitrogens is 2. The zero-order valence-electron chi connectivity index (χ0n) is 22.7. The lowest BCUT2D eigenvalue weighted by molar-refractivity contribution is 0.00716. The van der Waals surface area contributed by atoms with Crippen molar-refractivity contribution in [3.8, 4) is 5.75 Å². The lowest BCUT2D eigenvalue weighted by Crippen LogP contribution is -2.50. The van der Waals surface area contributed by atoms with Crippen molar-refractivity contribution in [2.45, 2.75) is 52.2 Å². The number of rotatable bonds is 5. The Kier molecular flexibility index (Phi) is 7.56. The largest absolute Gasteiger partial charge is 0.488 e. The first-order chi connectivity index (χ1) is 18.2. The highest BCUT2D eigenvalue weighted by atomic mass is 16.6. The van der Waals surface area contributed by atoms with Crippen molar-refractivity contribution in [2.24, 2.45) is 0 Å². The normalized spacial score (nSPS) is 18.4. The van der Waals surface area contributed by atoms with Gasteiger partial charge in [0.2, 0.25) is 0 Å². The Morgan fingerprint density at radius 2 is 1.89 bits per heavy atom. The van der Waals surface area contributed by atoms with Gasteiger partial charge in [0, 0.05) is 49.5 Å². The molecule has 1 N–H and O–H groups in total. The van der Waals surface area contributed by atoms with Gasteiger partial charge < -0.3 is 29.3 Å². The van der Waals surface area contributed by atoms with Gasteiger partial charge in [-0.15, -0.1) is 0 Å². The van der Waals surface area contributed by atoms with Crippen LogP contribution in [0, 0.1) is 6.92 Å². The molecule has 0 bridgehead atoms. The predicted molar refractivity (Wildman–Crippen MR) is 148 cm³/mol. The Morgan fingerprint density at radius 3 is 2.61 bits per heavy atom. The molecular weight excluding hydrogens is 482 g/mol. The highest BCUT2D eigenvalue weighted by Gasteiger charge is 2.26. The van der Waals surface area contributed by atoms with E-state index in [1.54, 1.807) is 11.2 Å². The number of amides is 1. The number of hydrogen-bond acceptors (Lipinski definition) is 8. The summed E-state index contributed by atoms with van der Waals surface area (Å²) in [6.07, 6.45) is 3.49.